The molecule has 2 aliphatic heterocycles. The molecule has 6 bridgehead atoms. The Hall–Kier alpha value is -2.78. The van der Waals surface area contributed by atoms with Crippen LogP contribution in [0, 0.1) is 107 Å². The first-order valence-electron chi connectivity index (χ1n) is 20.6. The molecule has 2 heterocycles. The predicted octanol–water partition coefficient (Wildman–Crippen LogP) is 6.81. The van der Waals surface area contributed by atoms with Crippen molar-refractivity contribution in [3.8, 4) is 0 Å². The Morgan fingerprint density at radius 3 is 1.45 bits per heavy atom. The van der Waals surface area contributed by atoms with Crippen LogP contribution >= 0.6 is 0 Å². The number of hydrogen-bond donors (Lipinski definition) is 0. The van der Waals surface area contributed by atoms with E-state index in [0.717, 1.165) is 31.6 Å². The van der Waals surface area contributed by atoms with Crippen LogP contribution in [0.3, 0.4) is 0 Å². The lowest BCUT2D eigenvalue weighted by molar-refractivity contribution is -0.165. The zero-order chi connectivity index (χ0) is 38.6. The summed E-state index contributed by atoms with van der Waals surface area (Å²) in [5, 5.41) is 0. The molecule has 0 radical (unpaired) electrons. The summed E-state index contributed by atoms with van der Waals surface area (Å²) in [6, 6.07) is 0. The molecule has 8 rings (SSSR count). The van der Waals surface area contributed by atoms with Gasteiger partial charge in [-0.3, -0.25) is 28.8 Å². The molecule has 0 aromatic rings. The van der Waals surface area contributed by atoms with Crippen LogP contribution in [-0.4, -0.2) is 47.0 Å². The average Bonchev–Trinajstić information content (AvgIpc) is 3.91. The predicted molar refractivity (Wildman–Crippen MR) is 192 cm³/mol. The van der Waals surface area contributed by atoms with Crippen LogP contribution < -0.4 is 0 Å². The summed E-state index contributed by atoms with van der Waals surface area (Å²) in [7, 11) is 0. The molecule has 294 valence electrons. The number of fused-ring (bicyclic) bond motifs is 11. The summed E-state index contributed by atoms with van der Waals surface area (Å²) in [5.41, 5.74) is -0.911. The molecule has 2 saturated heterocycles. The Kier molecular flexibility index (Phi) is 9.77. The summed E-state index contributed by atoms with van der Waals surface area (Å²) < 4.78 is 21.0. The standard InChI is InChI=1S/C24H34O5.C19H28O5/c1-10-13(8-15-11(2)21(25)28-22(15)26)17-9-14(10)19-12-6-16(20(17)19)18(7-12)23(27)29-24(3,4)5;1-9-11-6-14(15(7-11)18(22)24-19(3,4)5)12(9)8-13-10(2)16(20)23-17(13)21/h10-20H,6-9H2,1-5H3;9-15H,6-8H2,1-5H3/t10?,11?,12?,13?,14?,15?,16?,17?,18?,19-,20+;9?,10?,11?,12?,13?,14?,15-/m11/s1. The van der Waals surface area contributed by atoms with Crippen LogP contribution in [-0.2, 0) is 47.7 Å². The fraction of sp³-hybridized carbons (Fsp3) is 0.860. The third kappa shape index (κ3) is 6.78. The van der Waals surface area contributed by atoms with Crippen molar-refractivity contribution in [3.63, 3.8) is 0 Å². The van der Waals surface area contributed by atoms with Gasteiger partial charge in [0.25, 0.3) is 0 Å². The van der Waals surface area contributed by atoms with E-state index in [1.54, 1.807) is 6.92 Å². The van der Waals surface area contributed by atoms with E-state index in [9.17, 15) is 28.8 Å². The molecule has 18 atom stereocenters. The smallest absolute Gasteiger partial charge is 0.317 e. The van der Waals surface area contributed by atoms with Crippen molar-refractivity contribution in [1.29, 1.82) is 0 Å². The van der Waals surface area contributed by atoms with E-state index in [4.69, 9.17) is 18.9 Å². The molecule has 8 aliphatic rings. The maximum absolute atomic E-state index is 12.9. The van der Waals surface area contributed by atoms with Crippen LogP contribution in [0.4, 0.5) is 0 Å². The van der Waals surface area contributed by atoms with Gasteiger partial charge in [-0.1, -0.05) is 27.7 Å². The van der Waals surface area contributed by atoms with E-state index in [1.807, 2.05) is 48.5 Å². The van der Waals surface area contributed by atoms with Crippen LogP contribution in [0.2, 0.25) is 0 Å². The summed E-state index contributed by atoms with van der Waals surface area (Å²) in [4.78, 5) is 73.1. The molecule has 6 aliphatic carbocycles. The van der Waals surface area contributed by atoms with Crippen molar-refractivity contribution < 1.29 is 47.7 Å². The van der Waals surface area contributed by atoms with Gasteiger partial charge in [0, 0.05) is 0 Å². The van der Waals surface area contributed by atoms with Crippen molar-refractivity contribution in [2.75, 3.05) is 0 Å². The quantitative estimate of drug-likeness (QED) is 0.124. The van der Waals surface area contributed by atoms with E-state index < -0.39 is 23.1 Å². The second-order valence-corrected chi connectivity index (χ2v) is 20.6. The lowest BCUT2D eigenvalue weighted by atomic mass is 9.60. The van der Waals surface area contributed by atoms with E-state index in [2.05, 4.69) is 13.8 Å². The van der Waals surface area contributed by atoms with Gasteiger partial charge >= 0.3 is 35.8 Å². The molecule has 0 amide bonds. The minimum absolute atomic E-state index is 0.00517. The number of esters is 6. The molecular formula is C43H62O10. The number of rotatable bonds is 6. The average molecular weight is 739 g/mol. The molecule has 10 nitrogen and oxygen atoms in total. The van der Waals surface area contributed by atoms with Crippen LogP contribution in [0.15, 0.2) is 0 Å². The van der Waals surface area contributed by atoms with E-state index in [1.165, 1.54) is 12.8 Å². The van der Waals surface area contributed by atoms with Crippen molar-refractivity contribution >= 4 is 35.8 Å². The van der Waals surface area contributed by atoms with Gasteiger partial charge in [-0.05, 0) is 158 Å². The number of carbonyl (C=O) groups is 6. The van der Waals surface area contributed by atoms with Crippen molar-refractivity contribution in [2.24, 2.45) is 107 Å². The summed E-state index contributed by atoms with van der Waals surface area (Å²) in [6.45, 7) is 19.7. The third-order valence-electron chi connectivity index (χ3n) is 15.6. The van der Waals surface area contributed by atoms with Crippen LogP contribution in [0.25, 0.3) is 0 Å². The highest BCUT2D eigenvalue weighted by Crippen LogP contribution is 2.72. The maximum Gasteiger partial charge on any atom is 0.317 e. The van der Waals surface area contributed by atoms with Gasteiger partial charge in [-0.15, -0.1) is 0 Å². The van der Waals surface area contributed by atoms with Gasteiger partial charge in [0.2, 0.25) is 0 Å². The fourth-order valence-electron chi connectivity index (χ4n) is 13.3. The van der Waals surface area contributed by atoms with Gasteiger partial charge in [0.1, 0.15) is 11.2 Å². The topological polar surface area (TPSA) is 139 Å². The lowest BCUT2D eigenvalue weighted by Gasteiger charge is -2.44. The van der Waals surface area contributed by atoms with Crippen molar-refractivity contribution in [3.05, 3.63) is 0 Å². The first-order valence-corrected chi connectivity index (χ1v) is 20.6. The van der Waals surface area contributed by atoms with E-state index in [0.29, 0.717) is 59.7 Å². The van der Waals surface area contributed by atoms with Gasteiger partial charge < -0.3 is 18.9 Å². The van der Waals surface area contributed by atoms with Gasteiger partial charge in [-0.25, -0.2) is 0 Å². The van der Waals surface area contributed by atoms with Gasteiger partial charge in [-0.2, -0.15) is 0 Å². The number of hydrogen-bond acceptors (Lipinski definition) is 10. The summed E-state index contributed by atoms with van der Waals surface area (Å²) >= 11 is 0. The zero-order valence-electron chi connectivity index (χ0n) is 33.4. The normalized spacial score (nSPS) is 46.3. The Morgan fingerprint density at radius 2 is 1.00 bits per heavy atom. The second kappa shape index (κ2) is 13.5. The first kappa shape index (κ1) is 38.5. The van der Waals surface area contributed by atoms with Crippen LogP contribution in [0.1, 0.15) is 114 Å². The fourth-order valence-corrected chi connectivity index (χ4v) is 13.3. The molecule has 0 aromatic heterocycles. The molecule has 8 fully saturated rings. The highest BCUT2D eigenvalue weighted by molar-refractivity contribution is 5.96. The van der Waals surface area contributed by atoms with E-state index in [-0.39, 0.29) is 71.2 Å². The molecular weight excluding hydrogens is 676 g/mol. The molecule has 0 aromatic carbocycles. The zero-order valence-corrected chi connectivity index (χ0v) is 33.4. The Bertz CT molecular complexity index is 1540. The lowest BCUT2D eigenvalue weighted by Crippen LogP contribution is -2.43. The van der Waals surface area contributed by atoms with Gasteiger partial charge in [0.15, 0.2) is 0 Å². The van der Waals surface area contributed by atoms with Crippen molar-refractivity contribution in [1.82, 2.24) is 0 Å². The van der Waals surface area contributed by atoms with Crippen molar-refractivity contribution in [2.45, 2.75) is 125 Å². The Morgan fingerprint density at radius 1 is 0.547 bits per heavy atom. The first-order chi connectivity index (χ1) is 24.6. The number of carbonyl (C=O) groups excluding carboxylic acids is 6. The largest absolute Gasteiger partial charge is 0.460 e. The molecule has 15 unspecified atom stereocenters. The molecule has 0 N–H and O–H groups in total. The molecule has 10 heteroatoms. The third-order valence-corrected chi connectivity index (χ3v) is 15.6. The minimum Gasteiger partial charge on any atom is -0.460 e. The maximum atomic E-state index is 12.9. The number of cyclic esters (lactones) is 4. The Labute approximate surface area is 314 Å². The Balaban J connectivity index is 0.000000168. The second-order valence-electron chi connectivity index (χ2n) is 20.6. The van der Waals surface area contributed by atoms with Gasteiger partial charge in [0.05, 0.1) is 35.5 Å². The molecule has 53 heavy (non-hydrogen) atoms. The molecule has 0 spiro atoms. The minimum atomic E-state index is -0.476. The highest BCUT2D eigenvalue weighted by atomic mass is 16.6. The highest BCUT2D eigenvalue weighted by Gasteiger charge is 2.68. The molecule has 6 saturated carbocycles. The number of ether oxygens (including phenoxy) is 4. The summed E-state index contributed by atoms with van der Waals surface area (Å²) in [5.74, 6) is 3.39. The summed E-state index contributed by atoms with van der Waals surface area (Å²) in [6.07, 6.45) is 6.74. The SMILES string of the molecule is CC1C(=O)OC(=O)C1CC1C(C)C2CC1[C@@H]1C3CC(CC3C(=O)OC(C)(C)C)[C@H]21.CC1C(=O)OC(=O)C1CC1C(C)C2CC1[C@H](C(=O)OC(C)(C)C)C2. The monoisotopic (exact) mass is 738 g/mol. The van der Waals surface area contributed by atoms with E-state index >= 15 is 0 Å². The van der Waals surface area contributed by atoms with Crippen LogP contribution in [0.5, 0.6) is 0 Å².